The monoisotopic (exact) mass is 336 g/mol. The van der Waals surface area contributed by atoms with Crippen LogP contribution in [0.3, 0.4) is 0 Å². The molecule has 0 aromatic carbocycles. The number of hydrogen-bond acceptors (Lipinski definition) is 8. The first-order chi connectivity index (χ1) is 9.88. The molecular formula is C11H16N2O6S2. The first-order valence-electron chi connectivity index (χ1n) is 6.06. The highest BCUT2D eigenvalue weighted by molar-refractivity contribution is 7.91. The van der Waals surface area contributed by atoms with Crippen molar-refractivity contribution >= 4 is 33.3 Å². The Morgan fingerprint density at radius 2 is 2.05 bits per heavy atom. The number of rotatable bonds is 7. The molecule has 0 saturated heterocycles. The van der Waals surface area contributed by atoms with E-state index in [2.05, 4.69) is 9.72 Å². The van der Waals surface area contributed by atoms with Gasteiger partial charge in [-0.3, -0.25) is 4.79 Å². The molecule has 8 nitrogen and oxygen atoms in total. The van der Waals surface area contributed by atoms with E-state index in [1.54, 1.807) is 13.8 Å². The normalized spacial score (nSPS) is 11.4. The fourth-order valence-corrected chi connectivity index (χ4v) is 4.15. The average molecular weight is 336 g/mol. The molecule has 0 N–H and O–H groups in total. The van der Waals surface area contributed by atoms with Crippen LogP contribution in [0.15, 0.2) is 9.72 Å². The quantitative estimate of drug-likeness (QED) is 0.668. The van der Waals surface area contributed by atoms with E-state index in [1.807, 2.05) is 0 Å². The van der Waals surface area contributed by atoms with Crippen LogP contribution in [-0.4, -0.2) is 56.5 Å². The Hall–Kier alpha value is -1.52. The van der Waals surface area contributed by atoms with Crippen LogP contribution in [-0.2, 0) is 24.3 Å². The number of carbonyl (C=O) groups is 2. The Morgan fingerprint density at radius 3 is 2.57 bits per heavy atom. The molecule has 0 unspecified atom stereocenters. The molecule has 0 saturated carbocycles. The summed E-state index contributed by atoms with van der Waals surface area (Å²) in [7, 11) is -2.89. The third kappa shape index (κ3) is 3.99. The van der Waals surface area contributed by atoms with Gasteiger partial charge in [0.05, 0.1) is 19.2 Å². The maximum absolute atomic E-state index is 12.5. The van der Waals surface area contributed by atoms with E-state index in [9.17, 15) is 18.0 Å². The van der Waals surface area contributed by atoms with Gasteiger partial charge in [-0.15, -0.1) is 11.3 Å². The lowest BCUT2D eigenvalue weighted by molar-refractivity contribution is -0.143. The van der Waals surface area contributed by atoms with Crippen LogP contribution in [0.1, 0.15) is 24.3 Å². The van der Waals surface area contributed by atoms with Crippen molar-refractivity contribution in [2.75, 3.05) is 26.8 Å². The molecule has 1 aromatic rings. The van der Waals surface area contributed by atoms with Crippen molar-refractivity contribution in [1.29, 1.82) is 0 Å². The van der Waals surface area contributed by atoms with Gasteiger partial charge in [0.25, 0.3) is 10.0 Å². The highest BCUT2D eigenvalue weighted by Crippen LogP contribution is 2.24. The zero-order valence-electron chi connectivity index (χ0n) is 11.9. The molecule has 0 radical (unpaired) electrons. The van der Waals surface area contributed by atoms with Crippen molar-refractivity contribution < 1.29 is 27.5 Å². The Balaban J connectivity index is 3.11. The summed E-state index contributed by atoms with van der Waals surface area (Å²) in [5, 5.41) is 0. The molecule has 0 atom stereocenters. The second-order valence-corrected chi connectivity index (χ2v) is 6.70. The number of hydrogen-bond donors (Lipinski definition) is 0. The summed E-state index contributed by atoms with van der Waals surface area (Å²) in [6, 6.07) is 0. The van der Waals surface area contributed by atoms with Crippen LogP contribution < -0.4 is 0 Å². The molecule has 118 valence electrons. The SMILES string of the molecule is CCOC(=O)CN(CC)S(=O)(=O)c1scnc1C(=O)OC. The molecule has 0 fully saturated rings. The van der Waals surface area contributed by atoms with Crippen LogP contribution in [0.4, 0.5) is 0 Å². The first-order valence-corrected chi connectivity index (χ1v) is 8.38. The van der Waals surface area contributed by atoms with Gasteiger partial charge in [-0.1, -0.05) is 6.92 Å². The maximum atomic E-state index is 12.5. The van der Waals surface area contributed by atoms with Gasteiger partial charge in [-0.25, -0.2) is 18.2 Å². The van der Waals surface area contributed by atoms with Crippen LogP contribution in [0.5, 0.6) is 0 Å². The van der Waals surface area contributed by atoms with Gasteiger partial charge in [0.1, 0.15) is 6.54 Å². The highest BCUT2D eigenvalue weighted by atomic mass is 32.2. The van der Waals surface area contributed by atoms with Crippen LogP contribution in [0.2, 0.25) is 0 Å². The van der Waals surface area contributed by atoms with Gasteiger partial charge < -0.3 is 9.47 Å². The van der Waals surface area contributed by atoms with Gasteiger partial charge in [0.2, 0.25) is 0 Å². The molecule has 10 heteroatoms. The molecule has 0 bridgehead atoms. The molecule has 0 aliphatic carbocycles. The zero-order chi connectivity index (χ0) is 16.0. The summed E-state index contributed by atoms with van der Waals surface area (Å²) in [5.41, 5.74) is 0.946. The van der Waals surface area contributed by atoms with Crippen molar-refractivity contribution in [2.45, 2.75) is 18.1 Å². The van der Waals surface area contributed by atoms with Gasteiger partial charge in [-0.2, -0.15) is 4.31 Å². The molecule has 1 aromatic heterocycles. The third-order valence-electron chi connectivity index (χ3n) is 2.45. The number of methoxy groups -OCH3 is 1. The molecule has 1 rings (SSSR count). The smallest absolute Gasteiger partial charge is 0.358 e. The maximum Gasteiger partial charge on any atom is 0.358 e. The lowest BCUT2D eigenvalue weighted by Gasteiger charge is -2.18. The van der Waals surface area contributed by atoms with Gasteiger partial charge >= 0.3 is 11.9 Å². The minimum atomic E-state index is -4.02. The standard InChI is InChI=1S/C11H16N2O6S2/c1-4-13(6-8(14)19-5-2)21(16,17)11-9(10(15)18-3)12-7-20-11/h7H,4-6H2,1-3H3. The molecule has 0 aliphatic rings. The summed E-state index contributed by atoms with van der Waals surface area (Å²) in [6.45, 7) is 2.99. The molecule has 0 aliphatic heterocycles. The third-order valence-corrected chi connectivity index (χ3v) is 5.72. The Kier molecular flexibility index (Phi) is 6.24. The number of esters is 2. The fourth-order valence-electron chi connectivity index (χ4n) is 1.49. The Bertz CT molecular complexity index is 610. The number of ether oxygens (including phenoxy) is 2. The van der Waals surface area contributed by atoms with E-state index in [4.69, 9.17) is 4.74 Å². The first kappa shape index (κ1) is 17.5. The number of sulfonamides is 1. The number of aromatic nitrogens is 1. The van der Waals surface area contributed by atoms with Crippen LogP contribution in [0.25, 0.3) is 0 Å². The van der Waals surface area contributed by atoms with E-state index >= 15 is 0 Å². The van der Waals surface area contributed by atoms with E-state index in [1.165, 1.54) is 5.51 Å². The van der Waals surface area contributed by atoms with Crippen molar-refractivity contribution in [2.24, 2.45) is 0 Å². The number of nitrogens with zero attached hydrogens (tertiary/aromatic N) is 2. The molecule has 21 heavy (non-hydrogen) atoms. The van der Waals surface area contributed by atoms with Crippen LogP contribution in [0, 0.1) is 0 Å². The molecule has 1 heterocycles. The second-order valence-electron chi connectivity index (χ2n) is 3.72. The van der Waals surface area contributed by atoms with E-state index < -0.39 is 28.5 Å². The van der Waals surface area contributed by atoms with Crippen molar-refractivity contribution in [3.63, 3.8) is 0 Å². The lowest BCUT2D eigenvalue weighted by atomic mass is 10.5. The molecular weight excluding hydrogens is 320 g/mol. The Labute approximate surface area is 126 Å². The predicted molar refractivity (Wildman–Crippen MR) is 74.5 cm³/mol. The summed E-state index contributed by atoms with van der Waals surface area (Å²) < 4.78 is 34.9. The minimum absolute atomic E-state index is 0.0552. The second kappa shape index (κ2) is 7.48. The van der Waals surface area contributed by atoms with Gasteiger partial charge in [0, 0.05) is 6.54 Å². The topological polar surface area (TPSA) is 103 Å². The van der Waals surface area contributed by atoms with E-state index in [0.29, 0.717) is 0 Å². The predicted octanol–water partition coefficient (Wildman–Crippen LogP) is 0.503. The summed E-state index contributed by atoms with van der Waals surface area (Å²) >= 11 is 0.791. The van der Waals surface area contributed by atoms with Crippen LogP contribution >= 0.6 is 11.3 Å². The summed E-state index contributed by atoms with van der Waals surface area (Å²) in [5.74, 6) is -1.51. The molecule has 0 amide bonds. The van der Waals surface area contributed by atoms with Crippen molar-refractivity contribution in [3.05, 3.63) is 11.2 Å². The fraction of sp³-hybridized carbons (Fsp3) is 0.545. The van der Waals surface area contributed by atoms with E-state index in [-0.39, 0.29) is 23.1 Å². The lowest BCUT2D eigenvalue weighted by Crippen LogP contribution is -2.36. The number of likely N-dealkylation sites (N-methyl/N-ethyl adjacent to an activating group) is 1. The summed E-state index contributed by atoms with van der Waals surface area (Å²) in [4.78, 5) is 26.7. The zero-order valence-corrected chi connectivity index (χ0v) is 13.5. The van der Waals surface area contributed by atoms with Crippen molar-refractivity contribution in [3.8, 4) is 0 Å². The minimum Gasteiger partial charge on any atom is -0.465 e. The number of thiazole rings is 1. The van der Waals surface area contributed by atoms with E-state index in [0.717, 1.165) is 22.8 Å². The number of carbonyl (C=O) groups excluding carboxylic acids is 2. The largest absolute Gasteiger partial charge is 0.465 e. The average Bonchev–Trinajstić information content (AvgIpc) is 2.94. The molecule has 0 spiro atoms. The Morgan fingerprint density at radius 1 is 1.38 bits per heavy atom. The van der Waals surface area contributed by atoms with Gasteiger partial charge in [0.15, 0.2) is 9.90 Å². The van der Waals surface area contributed by atoms with Gasteiger partial charge in [-0.05, 0) is 6.92 Å². The summed E-state index contributed by atoms with van der Waals surface area (Å²) in [6.07, 6.45) is 0. The highest BCUT2D eigenvalue weighted by Gasteiger charge is 2.32. The van der Waals surface area contributed by atoms with Crippen molar-refractivity contribution in [1.82, 2.24) is 9.29 Å².